The van der Waals surface area contributed by atoms with Gasteiger partial charge in [-0.15, -0.1) is 11.6 Å². The highest BCUT2D eigenvalue weighted by Gasteiger charge is 2.40. The van der Waals surface area contributed by atoms with Gasteiger partial charge in [0.1, 0.15) is 0 Å². The Labute approximate surface area is 108 Å². The number of hydrogen-bond acceptors (Lipinski definition) is 3. The molecule has 0 aromatic carbocycles. The molecule has 6 heteroatoms. The maximum atomic E-state index is 12.2. The predicted octanol–water partition coefficient (Wildman–Crippen LogP) is 1.44. The molecule has 2 aliphatic rings. The van der Waals surface area contributed by atoms with Crippen molar-refractivity contribution in [2.75, 3.05) is 24.7 Å². The van der Waals surface area contributed by atoms with E-state index in [1.165, 1.54) is 0 Å². The lowest BCUT2D eigenvalue weighted by molar-refractivity contribution is -0.107. The van der Waals surface area contributed by atoms with E-state index in [1.54, 1.807) is 4.31 Å². The summed E-state index contributed by atoms with van der Waals surface area (Å²) in [7, 11) is -3.14. The molecule has 2 fully saturated rings. The van der Waals surface area contributed by atoms with Crippen molar-refractivity contribution in [1.29, 1.82) is 0 Å². The molecule has 1 aliphatic carbocycles. The van der Waals surface area contributed by atoms with Gasteiger partial charge >= 0.3 is 0 Å². The molecule has 1 unspecified atom stereocenters. The first-order valence-corrected chi connectivity index (χ1v) is 8.18. The van der Waals surface area contributed by atoms with Gasteiger partial charge in [-0.05, 0) is 32.6 Å². The van der Waals surface area contributed by atoms with Crippen molar-refractivity contribution in [3.63, 3.8) is 0 Å². The van der Waals surface area contributed by atoms with E-state index in [0.717, 1.165) is 12.8 Å². The van der Waals surface area contributed by atoms with Gasteiger partial charge < -0.3 is 4.74 Å². The maximum Gasteiger partial charge on any atom is 0.214 e. The van der Waals surface area contributed by atoms with Gasteiger partial charge in [0, 0.05) is 19.0 Å². The van der Waals surface area contributed by atoms with E-state index >= 15 is 0 Å². The van der Waals surface area contributed by atoms with E-state index in [4.69, 9.17) is 16.3 Å². The Hall–Kier alpha value is 0.160. The topological polar surface area (TPSA) is 46.6 Å². The third kappa shape index (κ3) is 3.56. The smallest absolute Gasteiger partial charge is 0.214 e. The van der Waals surface area contributed by atoms with Gasteiger partial charge in [0.25, 0.3) is 0 Å². The number of ether oxygens (including phenoxy) is 1. The van der Waals surface area contributed by atoms with E-state index in [2.05, 4.69) is 0 Å². The number of nitrogens with zero attached hydrogens (tertiary/aromatic N) is 1. The number of alkyl halides is 1. The average molecular weight is 282 g/mol. The molecule has 1 saturated heterocycles. The van der Waals surface area contributed by atoms with Gasteiger partial charge in [0.05, 0.1) is 17.5 Å². The lowest BCUT2D eigenvalue weighted by atomic mass is 10.1. The lowest BCUT2D eigenvalue weighted by Gasteiger charge is -2.41. The molecule has 2 rings (SSSR count). The monoisotopic (exact) mass is 281 g/mol. The quantitative estimate of drug-likeness (QED) is 0.733. The van der Waals surface area contributed by atoms with Crippen LogP contribution in [0.15, 0.2) is 0 Å². The summed E-state index contributed by atoms with van der Waals surface area (Å²) in [6.07, 6.45) is 1.90. The van der Waals surface area contributed by atoms with Crippen LogP contribution in [0.2, 0.25) is 0 Å². The molecule has 0 N–H and O–H groups in total. The van der Waals surface area contributed by atoms with Gasteiger partial charge in [-0.2, -0.15) is 4.31 Å². The van der Waals surface area contributed by atoms with Crippen LogP contribution in [0.3, 0.4) is 0 Å². The Morgan fingerprint density at radius 3 is 2.59 bits per heavy atom. The first-order chi connectivity index (χ1) is 7.82. The number of rotatable bonds is 4. The van der Waals surface area contributed by atoms with Gasteiger partial charge in [-0.25, -0.2) is 8.42 Å². The summed E-state index contributed by atoms with van der Waals surface area (Å²) in [5.41, 5.74) is -0.450. The fourth-order valence-electron chi connectivity index (χ4n) is 2.22. The second-order valence-electron chi connectivity index (χ2n) is 5.67. The van der Waals surface area contributed by atoms with Crippen LogP contribution in [-0.4, -0.2) is 49.2 Å². The van der Waals surface area contributed by atoms with Gasteiger partial charge in [-0.3, -0.25) is 0 Å². The number of morpholine rings is 1. The molecule has 100 valence electrons. The molecular formula is C11H20ClNO3S. The molecule has 1 heterocycles. The maximum absolute atomic E-state index is 12.2. The first-order valence-electron chi connectivity index (χ1n) is 6.04. The fourth-order valence-corrected chi connectivity index (χ4v) is 4.42. The van der Waals surface area contributed by atoms with Crippen molar-refractivity contribution < 1.29 is 13.2 Å². The zero-order valence-electron chi connectivity index (χ0n) is 10.4. The summed E-state index contributed by atoms with van der Waals surface area (Å²) in [5.74, 6) is 0.997. The molecule has 0 bridgehead atoms. The van der Waals surface area contributed by atoms with E-state index in [-0.39, 0.29) is 11.9 Å². The molecule has 0 spiro atoms. The molecule has 1 aliphatic heterocycles. The fraction of sp³-hybridized carbons (Fsp3) is 1.00. The van der Waals surface area contributed by atoms with Crippen molar-refractivity contribution in [1.82, 2.24) is 4.31 Å². The van der Waals surface area contributed by atoms with Crippen LogP contribution >= 0.6 is 11.6 Å². The van der Waals surface area contributed by atoms with Crippen LogP contribution in [0.4, 0.5) is 0 Å². The van der Waals surface area contributed by atoms with Crippen molar-refractivity contribution in [3.8, 4) is 0 Å². The Morgan fingerprint density at radius 1 is 1.41 bits per heavy atom. The SMILES string of the molecule is CC1(C)CN(S(=O)(=O)CC2CC2)CC(CCl)O1. The van der Waals surface area contributed by atoms with Crippen LogP contribution in [-0.2, 0) is 14.8 Å². The number of hydrogen-bond donors (Lipinski definition) is 0. The zero-order valence-corrected chi connectivity index (χ0v) is 11.9. The van der Waals surface area contributed by atoms with E-state index in [1.807, 2.05) is 13.8 Å². The van der Waals surface area contributed by atoms with Gasteiger partial charge in [0.15, 0.2) is 0 Å². The van der Waals surface area contributed by atoms with E-state index in [0.29, 0.717) is 24.9 Å². The van der Waals surface area contributed by atoms with Gasteiger partial charge in [-0.1, -0.05) is 0 Å². The molecule has 0 radical (unpaired) electrons. The predicted molar refractivity (Wildman–Crippen MR) is 67.8 cm³/mol. The molecular weight excluding hydrogens is 262 g/mol. The molecule has 0 aromatic rings. The van der Waals surface area contributed by atoms with Gasteiger partial charge in [0.2, 0.25) is 10.0 Å². The molecule has 17 heavy (non-hydrogen) atoms. The van der Waals surface area contributed by atoms with Crippen molar-refractivity contribution in [3.05, 3.63) is 0 Å². The minimum Gasteiger partial charge on any atom is -0.368 e. The first kappa shape index (κ1) is 13.6. The zero-order chi connectivity index (χ0) is 12.7. The summed E-state index contributed by atoms with van der Waals surface area (Å²) in [4.78, 5) is 0. The third-order valence-electron chi connectivity index (χ3n) is 3.16. The molecule has 1 atom stereocenters. The molecule has 0 aromatic heterocycles. The summed E-state index contributed by atoms with van der Waals surface area (Å²) < 4.78 is 31.7. The van der Waals surface area contributed by atoms with Crippen LogP contribution in [0.5, 0.6) is 0 Å². The molecule has 1 saturated carbocycles. The number of halogens is 1. The highest BCUT2D eigenvalue weighted by atomic mass is 35.5. The Balaban J connectivity index is 2.08. The number of sulfonamides is 1. The summed E-state index contributed by atoms with van der Waals surface area (Å²) in [6.45, 7) is 4.63. The highest BCUT2D eigenvalue weighted by Crippen LogP contribution is 2.32. The Bertz CT molecular complexity index is 378. The highest BCUT2D eigenvalue weighted by molar-refractivity contribution is 7.89. The van der Waals surface area contributed by atoms with E-state index < -0.39 is 15.6 Å². The third-order valence-corrected chi connectivity index (χ3v) is 5.46. The summed E-state index contributed by atoms with van der Waals surface area (Å²) in [6, 6.07) is 0. The average Bonchev–Trinajstić information content (AvgIpc) is 2.98. The van der Waals surface area contributed by atoms with Crippen molar-refractivity contribution >= 4 is 21.6 Å². The van der Waals surface area contributed by atoms with E-state index in [9.17, 15) is 8.42 Å². The van der Waals surface area contributed by atoms with Crippen molar-refractivity contribution in [2.24, 2.45) is 5.92 Å². The second-order valence-corrected chi connectivity index (χ2v) is 7.99. The van der Waals surface area contributed by atoms with Crippen LogP contribution in [0.1, 0.15) is 26.7 Å². The van der Waals surface area contributed by atoms with Crippen LogP contribution in [0.25, 0.3) is 0 Å². The second kappa shape index (κ2) is 4.68. The minimum atomic E-state index is -3.14. The molecule has 0 amide bonds. The van der Waals surface area contributed by atoms with Crippen LogP contribution in [0, 0.1) is 5.92 Å². The van der Waals surface area contributed by atoms with Crippen LogP contribution < -0.4 is 0 Å². The largest absolute Gasteiger partial charge is 0.368 e. The summed E-state index contributed by atoms with van der Waals surface area (Å²) >= 11 is 5.79. The summed E-state index contributed by atoms with van der Waals surface area (Å²) in [5, 5.41) is 0. The minimum absolute atomic E-state index is 0.200. The Morgan fingerprint density at radius 2 is 2.06 bits per heavy atom. The molecule has 4 nitrogen and oxygen atoms in total. The lowest BCUT2D eigenvalue weighted by Crippen LogP contribution is -2.55. The normalized spacial score (nSPS) is 30.4. The standard InChI is InChI=1S/C11H20ClNO3S/c1-11(2)8-13(6-10(5-12)16-11)17(14,15)7-9-3-4-9/h9-10H,3-8H2,1-2H3. The van der Waals surface area contributed by atoms with Crippen molar-refractivity contribution in [2.45, 2.75) is 38.4 Å². The Kier molecular flexibility index (Phi) is 3.74.